The molecule has 3 aromatic carbocycles. The molecule has 8 nitrogen and oxygen atoms in total. The highest BCUT2D eigenvalue weighted by Crippen LogP contribution is 2.19. The largest absolute Gasteiger partial charge is 0.465 e. The Morgan fingerprint density at radius 3 is 2.33 bits per heavy atom. The fraction of sp³-hybridized carbons (Fsp3) is 0.226. The second-order valence-electron chi connectivity index (χ2n) is 9.79. The van der Waals surface area contributed by atoms with Gasteiger partial charge < -0.3 is 9.30 Å². The van der Waals surface area contributed by atoms with Crippen molar-refractivity contribution in [2.24, 2.45) is 0 Å². The van der Waals surface area contributed by atoms with Gasteiger partial charge in [0.25, 0.3) is 5.56 Å². The molecule has 0 aliphatic rings. The van der Waals surface area contributed by atoms with Gasteiger partial charge in [-0.1, -0.05) is 68.4 Å². The van der Waals surface area contributed by atoms with Crippen LogP contribution >= 0.6 is 0 Å². The van der Waals surface area contributed by atoms with Gasteiger partial charge in [0.2, 0.25) is 0 Å². The molecule has 2 aromatic heterocycles. The van der Waals surface area contributed by atoms with Gasteiger partial charge in [0.15, 0.2) is 11.2 Å². The van der Waals surface area contributed by atoms with Gasteiger partial charge in [0.05, 0.1) is 24.7 Å². The van der Waals surface area contributed by atoms with Crippen molar-refractivity contribution in [3.8, 4) is 5.69 Å². The standard InChI is InChI=1S/C31H30N4O4/c1-21(2)24-12-14-26(15-13-24)35-28-27(29(36)34(31(35)38)17-16-22-8-5-4-6-9-22)33(20-32-28)19-23-10-7-11-25(18-23)30(37)39-3/h4-15,18,20-21H,16-17,19H2,1-3H3. The minimum atomic E-state index is -0.436. The van der Waals surface area contributed by atoms with Crippen LogP contribution in [0.3, 0.4) is 0 Å². The van der Waals surface area contributed by atoms with Gasteiger partial charge in [0.1, 0.15) is 0 Å². The molecule has 0 unspecified atom stereocenters. The van der Waals surface area contributed by atoms with Crippen LogP contribution in [0.2, 0.25) is 0 Å². The van der Waals surface area contributed by atoms with Crippen LogP contribution in [-0.2, 0) is 24.2 Å². The van der Waals surface area contributed by atoms with E-state index in [1.165, 1.54) is 16.2 Å². The van der Waals surface area contributed by atoms with Crippen LogP contribution < -0.4 is 11.2 Å². The number of hydrogen-bond donors (Lipinski definition) is 0. The van der Waals surface area contributed by atoms with E-state index < -0.39 is 17.2 Å². The number of carbonyl (C=O) groups is 1. The molecule has 0 bridgehead atoms. The molecule has 0 aliphatic carbocycles. The van der Waals surface area contributed by atoms with Crippen LogP contribution in [0.1, 0.15) is 46.8 Å². The predicted octanol–water partition coefficient (Wildman–Crippen LogP) is 4.55. The number of carbonyl (C=O) groups excluding carboxylic acids is 1. The van der Waals surface area contributed by atoms with E-state index in [0.29, 0.717) is 41.3 Å². The lowest BCUT2D eigenvalue weighted by Gasteiger charge is -2.14. The molecular weight excluding hydrogens is 492 g/mol. The molecule has 0 fully saturated rings. The number of ether oxygens (including phenoxy) is 1. The normalized spacial score (nSPS) is 11.3. The summed E-state index contributed by atoms with van der Waals surface area (Å²) < 4.78 is 9.37. The number of imidazole rings is 1. The molecule has 5 aromatic rings. The van der Waals surface area contributed by atoms with Crippen molar-refractivity contribution >= 4 is 17.1 Å². The third-order valence-electron chi connectivity index (χ3n) is 6.89. The van der Waals surface area contributed by atoms with Crippen LogP contribution in [0.15, 0.2) is 94.8 Å². The van der Waals surface area contributed by atoms with E-state index in [-0.39, 0.29) is 6.54 Å². The first-order chi connectivity index (χ1) is 18.9. The summed E-state index contributed by atoms with van der Waals surface area (Å²) >= 11 is 0. The number of aromatic nitrogens is 4. The number of hydrogen-bond acceptors (Lipinski definition) is 5. The molecule has 2 heterocycles. The molecular formula is C31H30N4O4. The van der Waals surface area contributed by atoms with Gasteiger partial charge in [-0.15, -0.1) is 0 Å². The number of aryl methyl sites for hydroxylation is 1. The minimum absolute atomic E-state index is 0.227. The zero-order valence-electron chi connectivity index (χ0n) is 22.2. The Hall–Kier alpha value is -4.72. The van der Waals surface area contributed by atoms with Crippen molar-refractivity contribution in [3.63, 3.8) is 0 Å². The summed E-state index contributed by atoms with van der Waals surface area (Å²) in [6, 6.07) is 24.6. The zero-order chi connectivity index (χ0) is 27.5. The molecule has 39 heavy (non-hydrogen) atoms. The lowest BCUT2D eigenvalue weighted by molar-refractivity contribution is 0.0600. The smallest absolute Gasteiger partial charge is 0.337 e. The maximum absolute atomic E-state index is 13.8. The third-order valence-corrected chi connectivity index (χ3v) is 6.89. The Balaban J connectivity index is 1.65. The van der Waals surface area contributed by atoms with Crippen LogP contribution in [-0.4, -0.2) is 31.8 Å². The first-order valence-corrected chi connectivity index (χ1v) is 12.9. The number of benzene rings is 3. The van der Waals surface area contributed by atoms with Gasteiger partial charge in [0, 0.05) is 13.1 Å². The molecule has 0 amide bonds. The third kappa shape index (κ3) is 5.18. The van der Waals surface area contributed by atoms with E-state index in [9.17, 15) is 14.4 Å². The molecule has 0 spiro atoms. The Bertz CT molecular complexity index is 1750. The highest BCUT2D eigenvalue weighted by atomic mass is 16.5. The molecule has 198 valence electrons. The van der Waals surface area contributed by atoms with Crippen molar-refractivity contribution in [3.05, 3.63) is 128 Å². The SMILES string of the molecule is COC(=O)c1cccc(Cn2cnc3c2c(=O)n(CCc2ccccc2)c(=O)n3-c2ccc(C(C)C)cc2)c1. The lowest BCUT2D eigenvalue weighted by atomic mass is 10.0. The van der Waals surface area contributed by atoms with Crippen LogP contribution in [0.4, 0.5) is 0 Å². The summed E-state index contributed by atoms with van der Waals surface area (Å²) in [7, 11) is 1.34. The van der Waals surface area contributed by atoms with Gasteiger partial charge in [-0.25, -0.2) is 19.1 Å². The second kappa shape index (κ2) is 10.9. The zero-order valence-corrected chi connectivity index (χ0v) is 22.2. The highest BCUT2D eigenvalue weighted by Gasteiger charge is 2.20. The highest BCUT2D eigenvalue weighted by molar-refractivity contribution is 5.89. The van der Waals surface area contributed by atoms with Crippen molar-refractivity contribution in [1.29, 1.82) is 0 Å². The summed E-state index contributed by atoms with van der Waals surface area (Å²) in [5.41, 5.74) is 3.82. The predicted molar refractivity (Wildman–Crippen MR) is 151 cm³/mol. The fourth-order valence-corrected chi connectivity index (χ4v) is 4.73. The summed E-state index contributed by atoms with van der Waals surface area (Å²) in [4.78, 5) is 44.2. The van der Waals surface area contributed by atoms with E-state index in [0.717, 1.165) is 16.7 Å². The van der Waals surface area contributed by atoms with Crippen LogP contribution in [0.5, 0.6) is 0 Å². The number of methoxy groups -OCH3 is 1. The van der Waals surface area contributed by atoms with Crippen molar-refractivity contribution in [1.82, 2.24) is 18.7 Å². The molecule has 0 aliphatic heterocycles. The second-order valence-corrected chi connectivity index (χ2v) is 9.79. The summed E-state index contributed by atoms with van der Waals surface area (Å²) in [5.74, 6) is -0.0927. The number of rotatable bonds is 8. The van der Waals surface area contributed by atoms with Gasteiger partial charge >= 0.3 is 11.7 Å². The maximum atomic E-state index is 13.8. The molecule has 5 rings (SSSR count). The van der Waals surface area contributed by atoms with Crippen molar-refractivity contribution in [2.75, 3.05) is 7.11 Å². The minimum Gasteiger partial charge on any atom is -0.465 e. The number of esters is 1. The van der Waals surface area contributed by atoms with E-state index in [2.05, 4.69) is 18.8 Å². The van der Waals surface area contributed by atoms with Gasteiger partial charge in [-0.3, -0.25) is 9.36 Å². The van der Waals surface area contributed by atoms with E-state index >= 15 is 0 Å². The average Bonchev–Trinajstić information content (AvgIpc) is 3.36. The summed E-state index contributed by atoms with van der Waals surface area (Å²) in [6.07, 6.45) is 2.10. The Labute approximate surface area is 225 Å². The molecule has 0 radical (unpaired) electrons. The van der Waals surface area contributed by atoms with Gasteiger partial charge in [-0.05, 0) is 53.3 Å². The van der Waals surface area contributed by atoms with E-state index in [1.54, 1.807) is 29.1 Å². The molecule has 0 atom stereocenters. The van der Waals surface area contributed by atoms with Crippen LogP contribution in [0.25, 0.3) is 16.9 Å². The number of nitrogens with zero attached hydrogens (tertiary/aromatic N) is 4. The van der Waals surface area contributed by atoms with Crippen molar-refractivity contribution < 1.29 is 9.53 Å². The Kier molecular flexibility index (Phi) is 7.27. The number of fused-ring (bicyclic) bond motifs is 1. The van der Waals surface area contributed by atoms with E-state index in [4.69, 9.17) is 4.74 Å². The first-order valence-electron chi connectivity index (χ1n) is 12.9. The Morgan fingerprint density at radius 2 is 1.64 bits per heavy atom. The lowest BCUT2D eigenvalue weighted by Crippen LogP contribution is -2.40. The summed E-state index contributed by atoms with van der Waals surface area (Å²) in [5, 5.41) is 0. The Morgan fingerprint density at radius 1 is 0.923 bits per heavy atom. The van der Waals surface area contributed by atoms with Gasteiger partial charge in [-0.2, -0.15) is 0 Å². The summed E-state index contributed by atoms with van der Waals surface area (Å²) in [6.45, 7) is 4.74. The molecule has 0 saturated carbocycles. The van der Waals surface area contributed by atoms with E-state index in [1.807, 2.05) is 60.7 Å². The average molecular weight is 523 g/mol. The van der Waals surface area contributed by atoms with Crippen molar-refractivity contribution in [2.45, 2.75) is 39.3 Å². The fourth-order valence-electron chi connectivity index (χ4n) is 4.73. The van der Waals surface area contributed by atoms with Crippen LogP contribution in [0, 0.1) is 0 Å². The first kappa shape index (κ1) is 25.9. The monoisotopic (exact) mass is 522 g/mol. The molecule has 8 heteroatoms. The quantitative estimate of drug-likeness (QED) is 0.279. The molecule has 0 saturated heterocycles. The topological polar surface area (TPSA) is 88.1 Å². The molecule has 0 N–H and O–H groups in total. The maximum Gasteiger partial charge on any atom is 0.337 e.